The fourth-order valence-electron chi connectivity index (χ4n) is 2.55. The first-order valence-electron chi connectivity index (χ1n) is 6.47. The van der Waals surface area contributed by atoms with Gasteiger partial charge in [-0.25, -0.2) is 9.37 Å². The molecule has 1 aliphatic rings. The molecule has 1 aromatic heterocycles. The van der Waals surface area contributed by atoms with Crippen molar-refractivity contribution in [2.24, 2.45) is 0 Å². The third-order valence-corrected chi connectivity index (χ3v) is 3.63. The average Bonchev–Trinajstić information content (AvgIpc) is 2.92. The molecule has 8 heteroatoms. The number of alkyl halides is 3. The topological polar surface area (TPSA) is 55.7 Å². The number of rotatable bonds is 1. The van der Waals surface area contributed by atoms with Gasteiger partial charge in [0.2, 0.25) is 0 Å². The van der Waals surface area contributed by atoms with Gasteiger partial charge in [0.1, 0.15) is 11.9 Å². The van der Waals surface area contributed by atoms with Crippen LogP contribution >= 0.6 is 0 Å². The maximum absolute atomic E-state index is 13.6. The van der Waals surface area contributed by atoms with E-state index in [2.05, 4.69) is 9.97 Å². The highest BCUT2D eigenvalue weighted by Gasteiger charge is 2.36. The summed E-state index contributed by atoms with van der Waals surface area (Å²) >= 11 is 0. The molecule has 1 N–H and O–H groups in total. The fourth-order valence-corrected chi connectivity index (χ4v) is 2.55. The summed E-state index contributed by atoms with van der Waals surface area (Å²) in [5, 5.41) is 9.08. The minimum absolute atomic E-state index is 0.0801. The number of aromatic nitrogens is 2. The number of halogens is 4. The lowest BCUT2D eigenvalue weighted by Crippen LogP contribution is -2.31. The van der Waals surface area contributed by atoms with Crippen molar-refractivity contribution in [2.45, 2.75) is 19.1 Å². The fraction of sp³-hybridized carbons (Fsp3) is 0.286. The summed E-state index contributed by atoms with van der Waals surface area (Å²) in [5.74, 6) is -1.44. The van der Waals surface area contributed by atoms with E-state index in [1.807, 2.05) is 0 Å². The molecule has 4 nitrogen and oxygen atoms in total. The molecule has 0 unspecified atom stereocenters. The van der Waals surface area contributed by atoms with Gasteiger partial charge in [0, 0.05) is 13.0 Å². The summed E-state index contributed by atoms with van der Waals surface area (Å²) in [6.07, 6.45) is -2.74. The van der Waals surface area contributed by atoms with Gasteiger partial charge in [-0.3, -0.25) is 0 Å². The summed E-state index contributed by atoms with van der Waals surface area (Å²) in [4.78, 5) is 8.65. The molecule has 1 aliphatic heterocycles. The Balaban J connectivity index is 2.05. The first-order valence-corrected chi connectivity index (χ1v) is 6.47. The van der Waals surface area contributed by atoms with Crippen molar-refractivity contribution in [2.75, 3.05) is 11.4 Å². The average molecular weight is 310 g/mol. The molecule has 0 amide bonds. The Morgan fingerprint density at radius 2 is 2.09 bits per heavy atom. The van der Waals surface area contributed by atoms with Crippen LogP contribution in [0.1, 0.15) is 22.5 Å². The Labute approximate surface area is 123 Å². The van der Waals surface area contributed by atoms with E-state index in [0.29, 0.717) is 31.6 Å². The lowest BCUT2D eigenvalue weighted by atomic mass is 10.0. The molecule has 0 radical (unpaired) electrons. The minimum Gasteiger partial charge on any atom is -0.364 e. The van der Waals surface area contributed by atoms with Crippen molar-refractivity contribution in [1.29, 1.82) is 5.26 Å². The van der Waals surface area contributed by atoms with Crippen molar-refractivity contribution >= 4 is 5.69 Å². The van der Waals surface area contributed by atoms with Crippen molar-refractivity contribution in [3.63, 3.8) is 0 Å². The number of nitriles is 1. The number of aromatic amines is 1. The zero-order valence-corrected chi connectivity index (χ0v) is 11.2. The molecule has 22 heavy (non-hydrogen) atoms. The zero-order valence-electron chi connectivity index (χ0n) is 11.2. The summed E-state index contributed by atoms with van der Waals surface area (Å²) in [7, 11) is 0. The third kappa shape index (κ3) is 2.39. The van der Waals surface area contributed by atoms with Crippen LogP contribution in [0.15, 0.2) is 18.5 Å². The second kappa shape index (κ2) is 5.02. The number of benzene rings is 1. The SMILES string of the molecule is N#Cc1cc(F)c(C(F)(F)F)cc1N1CCc2nc[nH]c2C1. The number of anilines is 1. The van der Waals surface area contributed by atoms with E-state index in [4.69, 9.17) is 5.26 Å². The van der Waals surface area contributed by atoms with E-state index < -0.39 is 17.6 Å². The lowest BCUT2D eigenvalue weighted by molar-refractivity contribution is -0.139. The van der Waals surface area contributed by atoms with Gasteiger partial charge in [0.05, 0.1) is 41.1 Å². The maximum Gasteiger partial charge on any atom is 0.419 e. The van der Waals surface area contributed by atoms with Crippen LogP contribution in [0.4, 0.5) is 23.2 Å². The predicted octanol–water partition coefficient (Wildman–Crippen LogP) is 3.00. The van der Waals surface area contributed by atoms with Gasteiger partial charge in [0.25, 0.3) is 0 Å². The van der Waals surface area contributed by atoms with E-state index >= 15 is 0 Å². The number of imidazole rings is 1. The van der Waals surface area contributed by atoms with Gasteiger partial charge < -0.3 is 9.88 Å². The smallest absolute Gasteiger partial charge is 0.364 e. The molecular formula is C14H10F4N4. The summed E-state index contributed by atoms with van der Waals surface area (Å²) < 4.78 is 52.2. The van der Waals surface area contributed by atoms with Crippen LogP contribution in [0, 0.1) is 17.1 Å². The molecule has 3 rings (SSSR count). The highest BCUT2D eigenvalue weighted by Crippen LogP contribution is 2.36. The highest BCUT2D eigenvalue weighted by molar-refractivity contribution is 5.62. The number of nitrogens with zero attached hydrogens (tertiary/aromatic N) is 3. The second-order valence-corrected chi connectivity index (χ2v) is 4.96. The Kier molecular flexibility index (Phi) is 3.28. The Morgan fingerprint density at radius 3 is 2.77 bits per heavy atom. The van der Waals surface area contributed by atoms with Gasteiger partial charge >= 0.3 is 6.18 Å². The summed E-state index contributed by atoms with van der Waals surface area (Å²) in [5.41, 5.74) is 0.239. The van der Waals surface area contributed by atoms with E-state index in [1.165, 1.54) is 6.33 Å². The van der Waals surface area contributed by atoms with E-state index in [9.17, 15) is 17.6 Å². The van der Waals surface area contributed by atoms with Crippen LogP contribution in [0.5, 0.6) is 0 Å². The van der Waals surface area contributed by atoms with Crippen LogP contribution in [-0.2, 0) is 19.1 Å². The number of H-pyrrole nitrogens is 1. The zero-order chi connectivity index (χ0) is 15.9. The van der Waals surface area contributed by atoms with Crippen LogP contribution in [0.25, 0.3) is 0 Å². The molecule has 2 aromatic rings. The third-order valence-electron chi connectivity index (χ3n) is 3.63. The summed E-state index contributed by atoms with van der Waals surface area (Å²) in [6.45, 7) is 0.711. The Bertz CT molecular complexity index is 757. The Morgan fingerprint density at radius 1 is 1.32 bits per heavy atom. The molecule has 1 aromatic carbocycles. The van der Waals surface area contributed by atoms with Crippen molar-refractivity contribution in [3.05, 3.63) is 46.8 Å². The van der Waals surface area contributed by atoms with Crippen molar-refractivity contribution in [3.8, 4) is 6.07 Å². The van der Waals surface area contributed by atoms with E-state index in [1.54, 1.807) is 11.0 Å². The normalized spacial score (nSPS) is 14.6. The molecule has 0 saturated carbocycles. The monoisotopic (exact) mass is 310 g/mol. The van der Waals surface area contributed by atoms with Gasteiger partial charge in [-0.2, -0.15) is 18.4 Å². The molecular weight excluding hydrogens is 300 g/mol. The molecule has 0 fully saturated rings. The largest absolute Gasteiger partial charge is 0.419 e. The van der Waals surface area contributed by atoms with Crippen LogP contribution < -0.4 is 4.90 Å². The standard InChI is InChI=1S/C14H10F4N4/c15-10-3-8(5-19)13(4-9(10)14(16,17)18)22-2-1-11-12(6-22)21-7-20-11/h3-4,7H,1-2,6H2,(H,20,21). The molecule has 0 bridgehead atoms. The van der Waals surface area contributed by atoms with Gasteiger partial charge in [-0.15, -0.1) is 0 Å². The van der Waals surface area contributed by atoms with Crippen molar-refractivity contribution < 1.29 is 17.6 Å². The first-order chi connectivity index (χ1) is 10.4. The predicted molar refractivity (Wildman–Crippen MR) is 69.5 cm³/mol. The van der Waals surface area contributed by atoms with Gasteiger partial charge in [0.15, 0.2) is 0 Å². The second-order valence-electron chi connectivity index (χ2n) is 4.96. The van der Waals surface area contributed by atoms with E-state index in [-0.39, 0.29) is 11.3 Å². The Hall–Kier alpha value is -2.56. The van der Waals surface area contributed by atoms with Crippen LogP contribution in [0.2, 0.25) is 0 Å². The quantitative estimate of drug-likeness (QED) is 0.824. The first kappa shape index (κ1) is 14.4. The number of hydrogen-bond acceptors (Lipinski definition) is 3. The maximum atomic E-state index is 13.6. The number of hydrogen-bond donors (Lipinski definition) is 1. The highest BCUT2D eigenvalue weighted by atomic mass is 19.4. The van der Waals surface area contributed by atoms with Crippen LogP contribution in [0.3, 0.4) is 0 Å². The molecule has 0 saturated heterocycles. The summed E-state index contributed by atoms with van der Waals surface area (Å²) in [6, 6.07) is 3.10. The number of nitrogens with one attached hydrogen (secondary N) is 1. The molecule has 0 atom stereocenters. The molecule has 0 spiro atoms. The van der Waals surface area contributed by atoms with Crippen molar-refractivity contribution in [1.82, 2.24) is 9.97 Å². The lowest BCUT2D eigenvalue weighted by Gasteiger charge is -2.29. The molecule has 0 aliphatic carbocycles. The van der Waals surface area contributed by atoms with Crippen LogP contribution in [-0.4, -0.2) is 16.5 Å². The van der Waals surface area contributed by atoms with Gasteiger partial charge in [-0.05, 0) is 12.1 Å². The van der Waals surface area contributed by atoms with E-state index in [0.717, 1.165) is 11.4 Å². The molecule has 114 valence electrons. The van der Waals surface area contributed by atoms with Gasteiger partial charge in [-0.1, -0.05) is 0 Å². The number of fused-ring (bicyclic) bond motifs is 1. The molecule has 2 heterocycles. The minimum atomic E-state index is -4.80.